The quantitative estimate of drug-likeness (QED) is 0.592. The van der Waals surface area contributed by atoms with Gasteiger partial charge < -0.3 is 10.1 Å². The van der Waals surface area contributed by atoms with Crippen molar-refractivity contribution in [3.8, 4) is 11.8 Å². The number of aromatic nitrogens is 1. The maximum atomic E-state index is 13.8. The van der Waals surface area contributed by atoms with Crippen LogP contribution in [0.2, 0.25) is 5.02 Å². The number of nitriles is 1. The zero-order valence-electron chi connectivity index (χ0n) is 14.9. The van der Waals surface area contributed by atoms with E-state index in [-0.39, 0.29) is 18.6 Å². The number of benzene rings is 2. The number of amides is 1. The standard InChI is InChI=1S/C20H14ClF2N3O2S/c21-12-1-4-15(5-2-12)28-10-20-25-14(11-29-20)8-19(27)26-18(9-24)16-6-3-13(22)7-17(16)23/h1-7,11,18H,8,10H2,(H,26,27). The van der Waals surface area contributed by atoms with Crippen molar-refractivity contribution in [1.82, 2.24) is 10.3 Å². The number of halogens is 3. The first-order chi connectivity index (χ1) is 13.9. The number of thiazole rings is 1. The van der Waals surface area contributed by atoms with E-state index >= 15 is 0 Å². The van der Waals surface area contributed by atoms with Crippen molar-refractivity contribution < 1.29 is 18.3 Å². The molecule has 0 bridgehead atoms. The van der Waals surface area contributed by atoms with E-state index in [9.17, 15) is 18.8 Å². The summed E-state index contributed by atoms with van der Waals surface area (Å²) in [7, 11) is 0. The van der Waals surface area contributed by atoms with E-state index in [4.69, 9.17) is 16.3 Å². The van der Waals surface area contributed by atoms with Crippen LogP contribution in [0.4, 0.5) is 8.78 Å². The second-order valence-electron chi connectivity index (χ2n) is 5.95. The minimum absolute atomic E-state index is 0.0849. The van der Waals surface area contributed by atoms with Crippen LogP contribution < -0.4 is 10.1 Å². The van der Waals surface area contributed by atoms with Gasteiger partial charge in [0.1, 0.15) is 35.0 Å². The van der Waals surface area contributed by atoms with Crippen molar-refractivity contribution >= 4 is 28.8 Å². The second kappa shape index (κ2) is 9.45. The Kier molecular flexibility index (Phi) is 6.75. The van der Waals surface area contributed by atoms with E-state index in [1.54, 1.807) is 35.7 Å². The van der Waals surface area contributed by atoms with Gasteiger partial charge in [-0.05, 0) is 30.3 Å². The Morgan fingerprint density at radius 1 is 1.28 bits per heavy atom. The largest absolute Gasteiger partial charge is 0.486 e. The topological polar surface area (TPSA) is 75.0 Å². The smallest absolute Gasteiger partial charge is 0.227 e. The maximum absolute atomic E-state index is 13.8. The molecule has 0 aliphatic rings. The molecule has 0 fully saturated rings. The van der Waals surface area contributed by atoms with E-state index in [2.05, 4.69) is 10.3 Å². The first-order valence-corrected chi connectivity index (χ1v) is 9.66. The van der Waals surface area contributed by atoms with E-state index in [0.717, 1.165) is 12.1 Å². The second-order valence-corrected chi connectivity index (χ2v) is 7.33. The van der Waals surface area contributed by atoms with Crippen LogP contribution >= 0.6 is 22.9 Å². The molecular weight excluding hydrogens is 420 g/mol. The van der Waals surface area contributed by atoms with Crippen molar-refractivity contribution in [3.05, 3.63) is 80.8 Å². The summed E-state index contributed by atoms with van der Waals surface area (Å²) in [5, 5.41) is 14.6. The molecule has 1 aromatic heterocycles. The van der Waals surface area contributed by atoms with Gasteiger partial charge in [-0.3, -0.25) is 4.79 Å². The molecule has 29 heavy (non-hydrogen) atoms. The fourth-order valence-corrected chi connectivity index (χ4v) is 3.30. The highest BCUT2D eigenvalue weighted by molar-refractivity contribution is 7.09. The average molecular weight is 434 g/mol. The van der Waals surface area contributed by atoms with Gasteiger partial charge in [-0.2, -0.15) is 5.26 Å². The predicted molar refractivity (Wildman–Crippen MR) is 104 cm³/mol. The molecule has 1 heterocycles. The Morgan fingerprint density at radius 3 is 2.72 bits per heavy atom. The number of ether oxygens (including phenoxy) is 1. The molecule has 1 unspecified atom stereocenters. The third-order valence-corrected chi connectivity index (χ3v) is 4.95. The van der Waals surface area contributed by atoms with Gasteiger partial charge >= 0.3 is 0 Å². The lowest BCUT2D eigenvalue weighted by atomic mass is 10.1. The molecule has 0 aliphatic carbocycles. The fraction of sp³-hybridized carbons (Fsp3) is 0.150. The Morgan fingerprint density at radius 2 is 2.03 bits per heavy atom. The molecule has 148 valence electrons. The SMILES string of the molecule is N#CC(NC(=O)Cc1csc(COc2ccc(Cl)cc2)n1)c1ccc(F)cc1F. The molecule has 1 atom stereocenters. The van der Waals surface area contributed by atoms with Gasteiger partial charge in [-0.25, -0.2) is 13.8 Å². The molecular formula is C20H14ClF2N3O2S. The highest BCUT2D eigenvalue weighted by Crippen LogP contribution is 2.20. The summed E-state index contributed by atoms with van der Waals surface area (Å²) in [5.41, 5.74) is 0.399. The minimum atomic E-state index is -1.23. The van der Waals surface area contributed by atoms with Crippen LogP contribution in [0.3, 0.4) is 0 Å². The molecule has 1 amide bonds. The normalized spacial score (nSPS) is 11.5. The van der Waals surface area contributed by atoms with Crippen LogP contribution in [-0.4, -0.2) is 10.9 Å². The monoisotopic (exact) mass is 433 g/mol. The van der Waals surface area contributed by atoms with Gasteiger partial charge in [0.15, 0.2) is 0 Å². The van der Waals surface area contributed by atoms with Crippen LogP contribution in [0.1, 0.15) is 22.3 Å². The Labute approximate surface area is 174 Å². The molecule has 0 saturated heterocycles. The van der Waals surface area contributed by atoms with Gasteiger partial charge in [-0.15, -0.1) is 11.3 Å². The Balaban J connectivity index is 1.56. The summed E-state index contributed by atoms with van der Waals surface area (Å²) in [5.74, 6) is -1.52. The maximum Gasteiger partial charge on any atom is 0.227 e. The summed E-state index contributed by atoms with van der Waals surface area (Å²) >= 11 is 7.15. The van der Waals surface area contributed by atoms with Crippen molar-refractivity contribution in [1.29, 1.82) is 5.26 Å². The van der Waals surface area contributed by atoms with E-state index in [1.807, 2.05) is 0 Å². The van der Waals surface area contributed by atoms with Crippen LogP contribution in [-0.2, 0) is 17.8 Å². The highest BCUT2D eigenvalue weighted by Gasteiger charge is 2.19. The summed E-state index contributed by atoms with van der Waals surface area (Å²) in [4.78, 5) is 16.5. The van der Waals surface area contributed by atoms with Gasteiger partial charge in [0.25, 0.3) is 0 Å². The lowest BCUT2D eigenvalue weighted by molar-refractivity contribution is -0.120. The summed E-state index contributed by atoms with van der Waals surface area (Å²) in [6.45, 7) is 0.232. The molecule has 5 nitrogen and oxygen atoms in total. The van der Waals surface area contributed by atoms with Crippen molar-refractivity contribution in [2.45, 2.75) is 19.1 Å². The number of hydrogen-bond acceptors (Lipinski definition) is 5. The van der Waals surface area contributed by atoms with Crippen LogP contribution in [0, 0.1) is 23.0 Å². The van der Waals surface area contributed by atoms with Crippen molar-refractivity contribution in [2.75, 3.05) is 0 Å². The number of nitrogens with one attached hydrogen (secondary N) is 1. The Hall–Kier alpha value is -3.02. The summed E-state index contributed by atoms with van der Waals surface area (Å²) < 4.78 is 32.5. The first kappa shape index (κ1) is 20.7. The zero-order valence-corrected chi connectivity index (χ0v) is 16.4. The van der Waals surface area contributed by atoms with Crippen LogP contribution in [0.25, 0.3) is 0 Å². The molecule has 2 aromatic carbocycles. The number of rotatable bonds is 7. The van der Waals surface area contributed by atoms with E-state index in [0.29, 0.717) is 27.5 Å². The molecule has 0 radical (unpaired) electrons. The van der Waals surface area contributed by atoms with Gasteiger partial charge in [0.2, 0.25) is 5.91 Å². The molecule has 3 aromatic rings. The first-order valence-electron chi connectivity index (χ1n) is 8.40. The van der Waals surface area contributed by atoms with Crippen LogP contribution in [0.15, 0.2) is 47.8 Å². The predicted octanol–water partition coefficient (Wildman–Crippen LogP) is 4.58. The van der Waals surface area contributed by atoms with E-state index in [1.165, 1.54) is 11.3 Å². The van der Waals surface area contributed by atoms with Crippen LogP contribution in [0.5, 0.6) is 5.75 Å². The molecule has 0 spiro atoms. The number of carbonyl (C=O) groups excluding carboxylic acids is 1. The van der Waals surface area contributed by atoms with Gasteiger partial charge in [0.05, 0.1) is 18.2 Å². The third-order valence-electron chi connectivity index (χ3n) is 3.82. The van der Waals surface area contributed by atoms with E-state index < -0.39 is 23.6 Å². The molecule has 9 heteroatoms. The number of hydrogen-bond donors (Lipinski definition) is 1. The lowest BCUT2D eigenvalue weighted by Crippen LogP contribution is -2.29. The minimum Gasteiger partial charge on any atom is -0.486 e. The molecule has 0 saturated carbocycles. The van der Waals surface area contributed by atoms with Crippen molar-refractivity contribution in [2.24, 2.45) is 0 Å². The van der Waals surface area contributed by atoms with Gasteiger partial charge in [-0.1, -0.05) is 17.7 Å². The zero-order chi connectivity index (χ0) is 20.8. The fourth-order valence-electron chi connectivity index (χ4n) is 2.46. The lowest BCUT2D eigenvalue weighted by Gasteiger charge is -2.12. The molecule has 0 aliphatic heterocycles. The average Bonchev–Trinajstić information content (AvgIpc) is 3.13. The summed E-state index contributed by atoms with van der Waals surface area (Å²) in [6, 6.07) is 10.3. The summed E-state index contributed by atoms with van der Waals surface area (Å²) in [6.07, 6.45) is -0.0849. The molecule has 1 N–H and O–H groups in total. The highest BCUT2D eigenvalue weighted by atomic mass is 35.5. The number of nitrogens with zero attached hydrogens (tertiary/aromatic N) is 2. The van der Waals surface area contributed by atoms with Crippen molar-refractivity contribution in [3.63, 3.8) is 0 Å². The Bertz CT molecular complexity index is 1050. The van der Waals surface area contributed by atoms with Gasteiger partial charge in [0, 0.05) is 22.0 Å². The number of carbonyl (C=O) groups is 1. The third kappa shape index (κ3) is 5.73. The molecule has 3 rings (SSSR count).